The van der Waals surface area contributed by atoms with Crippen molar-refractivity contribution in [2.45, 2.75) is 24.7 Å². The summed E-state index contributed by atoms with van der Waals surface area (Å²) in [6.07, 6.45) is 1.47. The van der Waals surface area contributed by atoms with Crippen LogP contribution in [0.3, 0.4) is 0 Å². The van der Waals surface area contributed by atoms with Crippen LogP contribution in [-0.4, -0.2) is 27.4 Å². The summed E-state index contributed by atoms with van der Waals surface area (Å²) in [6.45, 7) is 2.28. The van der Waals surface area contributed by atoms with Crippen molar-refractivity contribution in [1.82, 2.24) is 4.72 Å². The normalized spacial score (nSPS) is 11.3. The fourth-order valence-electron chi connectivity index (χ4n) is 1.51. The molecule has 1 amide bonds. The number of nitrogens with one attached hydrogen (secondary N) is 2. The van der Waals surface area contributed by atoms with Crippen molar-refractivity contribution in [1.29, 1.82) is 0 Å². The Morgan fingerprint density at radius 1 is 1.35 bits per heavy atom. The van der Waals surface area contributed by atoms with Crippen LogP contribution in [-0.2, 0) is 14.8 Å². The molecule has 0 saturated carbocycles. The number of anilines is 1. The van der Waals surface area contributed by atoms with Crippen LogP contribution in [0.1, 0.15) is 19.8 Å². The molecule has 0 radical (unpaired) electrons. The van der Waals surface area contributed by atoms with Crippen molar-refractivity contribution in [3.63, 3.8) is 0 Å². The van der Waals surface area contributed by atoms with Gasteiger partial charge in [-0.1, -0.05) is 0 Å². The molecule has 6 nitrogen and oxygen atoms in total. The number of unbranched alkanes of at least 4 members (excludes halogenated alkanes) is 1. The first-order valence-corrected chi connectivity index (χ1v) is 8.41. The highest BCUT2D eigenvalue weighted by Crippen LogP contribution is 2.25. The Hall–Kier alpha value is -0.960. The summed E-state index contributed by atoms with van der Waals surface area (Å²) < 4.78 is 27.1. The molecule has 0 atom stereocenters. The maximum absolute atomic E-state index is 12.0. The third-order valence-electron chi connectivity index (χ3n) is 2.48. The average molecular weight is 364 g/mol. The maximum atomic E-state index is 12.0. The van der Waals surface area contributed by atoms with Crippen LogP contribution < -0.4 is 15.8 Å². The van der Waals surface area contributed by atoms with Crippen LogP contribution in [0.25, 0.3) is 0 Å². The summed E-state index contributed by atoms with van der Waals surface area (Å²) in [5.41, 5.74) is 5.88. The highest BCUT2D eigenvalue weighted by Gasteiger charge is 2.15. The van der Waals surface area contributed by atoms with Crippen molar-refractivity contribution < 1.29 is 13.2 Å². The van der Waals surface area contributed by atoms with E-state index in [9.17, 15) is 13.2 Å². The van der Waals surface area contributed by atoms with E-state index in [2.05, 4.69) is 26.0 Å². The summed E-state index contributed by atoms with van der Waals surface area (Å²) >= 11 is 3.24. The zero-order valence-electron chi connectivity index (χ0n) is 11.1. The molecule has 0 aliphatic heterocycles. The van der Waals surface area contributed by atoms with Gasteiger partial charge in [0.25, 0.3) is 0 Å². The Labute approximate surface area is 127 Å². The second-order valence-corrected chi connectivity index (χ2v) is 6.84. The number of carbonyl (C=O) groups excluding carboxylic acids is 1. The standard InChI is InChI=1S/C12H18BrN3O3S/c1-9(17)16-12-5-4-10(8-11(12)13)20(18,19)15-7-3-2-6-14/h4-5,8,15H,2-3,6-7,14H2,1H3,(H,16,17). The number of amides is 1. The van der Waals surface area contributed by atoms with Gasteiger partial charge in [0.1, 0.15) is 0 Å². The topological polar surface area (TPSA) is 101 Å². The van der Waals surface area contributed by atoms with Crippen molar-refractivity contribution >= 4 is 37.5 Å². The summed E-state index contributed by atoms with van der Waals surface area (Å²) in [5, 5.41) is 2.60. The van der Waals surface area contributed by atoms with Crippen LogP contribution in [0.15, 0.2) is 27.6 Å². The molecular formula is C12H18BrN3O3S. The van der Waals surface area contributed by atoms with E-state index in [4.69, 9.17) is 5.73 Å². The SMILES string of the molecule is CC(=O)Nc1ccc(S(=O)(=O)NCCCCN)cc1Br. The van der Waals surface area contributed by atoms with E-state index >= 15 is 0 Å². The lowest BCUT2D eigenvalue weighted by Crippen LogP contribution is -2.25. The Balaban J connectivity index is 2.80. The summed E-state index contributed by atoms with van der Waals surface area (Å²) in [7, 11) is -3.54. The van der Waals surface area contributed by atoms with E-state index in [1.807, 2.05) is 0 Å². The maximum Gasteiger partial charge on any atom is 0.240 e. The molecule has 0 spiro atoms. The molecular weight excluding hydrogens is 346 g/mol. The molecule has 0 aliphatic carbocycles. The minimum absolute atomic E-state index is 0.145. The predicted octanol–water partition coefficient (Wildman–Crippen LogP) is 1.42. The zero-order valence-corrected chi connectivity index (χ0v) is 13.6. The van der Waals surface area contributed by atoms with Gasteiger partial charge >= 0.3 is 0 Å². The molecule has 112 valence electrons. The van der Waals surface area contributed by atoms with Crippen molar-refractivity contribution in [3.05, 3.63) is 22.7 Å². The van der Waals surface area contributed by atoms with Gasteiger partial charge < -0.3 is 11.1 Å². The molecule has 0 fully saturated rings. The third kappa shape index (κ3) is 5.20. The first-order chi connectivity index (χ1) is 9.36. The molecule has 0 aromatic heterocycles. The number of carbonyl (C=O) groups is 1. The number of hydrogen-bond acceptors (Lipinski definition) is 4. The highest BCUT2D eigenvalue weighted by molar-refractivity contribution is 9.10. The summed E-state index contributed by atoms with van der Waals surface area (Å²) in [6, 6.07) is 4.44. The van der Waals surface area contributed by atoms with Gasteiger partial charge in [-0.3, -0.25) is 4.79 Å². The van der Waals surface area contributed by atoms with Crippen LogP contribution in [0.2, 0.25) is 0 Å². The molecule has 1 rings (SSSR count). The molecule has 1 aromatic rings. The van der Waals surface area contributed by atoms with Crippen LogP contribution in [0.5, 0.6) is 0 Å². The van der Waals surface area contributed by atoms with Crippen LogP contribution >= 0.6 is 15.9 Å². The number of nitrogens with two attached hydrogens (primary N) is 1. The first-order valence-electron chi connectivity index (χ1n) is 6.13. The molecule has 0 unspecified atom stereocenters. The molecule has 20 heavy (non-hydrogen) atoms. The number of sulfonamides is 1. The Morgan fingerprint density at radius 3 is 2.60 bits per heavy atom. The molecule has 8 heteroatoms. The van der Waals surface area contributed by atoms with E-state index in [1.165, 1.54) is 19.1 Å². The number of halogens is 1. The predicted molar refractivity (Wildman–Crippen MR) is 81.9 cm³/mol. The smallest absolute Gasteiger partial charge is 0.240 e. The molecule has 0 bridgehead atoms. The lowest BCUT2D eigenvalue weighted by Gasteiger charge is -2.09. The third-order valence-corrected chi connectivity index (χ3v) is 4.60. The average Bonchev–Trinajstić information content (AvgIpc) is 2.36. The largest absolute Gasteiger partial charge is 0.330 e. The van der Waals surface area contributed by atoms with Gasteiger partial charge in [0, 0.05) is 17.9 Å². The minimum Gasteiger partial charge on any atom is -0.330 e. The van der Waals surface area contributed by atoms with Gasteiger partial charge in [-0.15, -0.1) is 0 Å². The zero-order chi connectivity index (χ0) is 15.2. The van der Waals surface area contributed by atoms with Gasteiger partial charge in [-0.2, -0.15) is 0 Å². The quantitative estimate of drug-likeness (QED) is 0.637. The van der Waals surface area contributed by atoms with E-state index < -0.39 is 10.0 Å². The fourth-order valence-corrected chi connectivity index (χ4v) is 3.24. The van der Waals surface area contributed by atoms with Gasteiger partial charge in [0.2, 0.25) is 15.9 Å². The lowest BCUT2D eigenvalue weighted by molar-refractivity contribution is -0.114. The van der Waals surface area contributed by atoms with E-state index in [0.717, 1.165) is 6.42 Å². The Morgan fingerprint density at radius 2 is 2.05 bits per heavy atom. The van der Waals surface area contributed by atoms with Crippen molar-refractivity contribution in [3.8, 4) is 0 Å². The summed E-state index contributed by atoms with van der Waals surface area (Å²) in [4.78, 5) is 11.1. The van der Waals surface area contributed by atoms with Crippen molar-refractivity contribution in [2.75, 3.05) is 18.4 Å². The minimum atomic E-state index is -3.54. The molecule has 0 aliphatic rings. The van der Waals surface area contributed by atoms with Gasteiger partial charge in [-0.25, -0.2) is 13.1 Å². The van der Waals surface area contributed by atoms with Crippen LogP contribution in [0.4, 0.5) is 5.69 Å². The first kappa shape index (κ1) is 17.1. The monoisotopic (exact) mass is 363 g/mol. The Kier molecular flexibility index (Phi) is 6.60. The van der Waals surface area contributed by atoms with Gasteiger partial charge in [0.05, 0.1) is 10.6 Å². The second kappa shape index (κ2) is 7.72. The number of rotatable bonds is 7. The highest BCUT2D eigenvalue weighted by atomic mass is 79.9. The molecule has 0 heterocycles. The van der Waals surface area contributed by atoms with Gasteiger partial charge in [0.15, 0.2) is 0 Å². The molecule has 0 saturated heterocycles. The molecule has 1 aromatic carbocycles. The number of hydrogen-bond donors (Lipinski definition) is 3. The second-order valence-electron chi connectivity index (χ2n) is 4.22. The molecule has 4 N–H and O–H groups in total. The fraction of sp³-hybridized carbons (Fsp3) is 0.417. The van der Waals surface area contributed by atoms with E-state index in [1.54, 1.807) is 6.07 Å². The van der Waals surface area contributed by atoms with Crippen LogP contribution in [0, 0.1) is 0 Å². The summed E-state index contributed by atoms with van der Waals surface area (Å²) in [5.74, 6) is -0.221. The van der Waals surface area contributed by atoms with Gasteiger partial charge in [-0.05, 0) is 53.5 Å². The Bertz CT molecular complexity index is 575. The van der Waals surface area contributed by atoms with E-state index in [0.29, 0.717) is 29.7 Å². The lowest BCUT2D eigenvalue weighted by atomic mass is 10.3. The number of benzene rings is 1. The van der Waals surface area contributed by atoms with Crippen molar-refractivity contribution in [2.24, 2.45) is 5.73 Å². The van der Waals surface area contributed by atoms with E-state index in [-0.39, 0.29) is 10.8 Å².